The van der Waals surface area contributed by atoms with E-state index in [0.29, 0.717) is 33.5 Å². The van der Waals surface area contributed by atoms with Gasteiger partial charge in [0.15, 0.2) is 6.10 Å². The smallest absolute Gasteiger partial charge is 0.342 e. The zero-order valence-electron chi connectivity index (χ0n) is 13.8. The molecule has 1 unspecified atom stereocenters. The summed E-state index contributed by atoms with van der Waals surface area (Å²) in [5, 5.41) is 3.07. The second-order valence-corrected chi connectivity index (χ2v) is 5.64. The molecule has 0 aliphatic rings. The van der Waals surface area contributed by atoms with Gasteiger partial charge in [-0.1, -0.05) is 11.6 Å². The lowest BCUT2D eigenvalue weighted by Crippen LogP contribution is -2.30. The lowest BCUT2D eigenvalue weighted by atomic mass is 10.2. The number of nitrogens with one attached hydrogen (secondary N) is 1. The first-order chi connectivity index (χ1) is 11.3. The molecule has 0 saturated carbocycles. The van der Waals surface area contributed by atoms with Crippen LogP contribution >= 0.6 is 11.6 Å². The van der Waals surface area contributed by atoms with Gasteiger partial charge in [0.2, 0.25) is 0 Å². The van der Waals surface area contributed by atoms with Crippen LogP contribution in [0.3, 0.4) is 0 Å². The Morgan fingerprint density at radius 3 is 2.54 bits per heavy atom. The normalized spacial score (nSPS) is 11.7. The molecule has 1 aromatic heterocycles. The molecule has 1 amide bonds. The van der Waals surface area contributed by atoms with Crippen molar-refractivity contribution in [1.29, 1.82) is 0 Å². The number of hydrogen-bond acceptors (Lipinski definition) is 5. The number of methoxy groups -OCH3 is 1. The number of benzene rings is 1. The Morgan fingerprint density at radius 1 is 1.25 bits per heavy atom. The lowest BCUT2D eigenvalue weighted by molar-refractivity contribution is -0.123. The molecule has 1 heterocycles. The summed E-state index contributed by atoms with van der Waals surface area (Å²) in [6, 6.07) is 6.40. The minimum atomic E-state index is -1.00. The predicted molar refractivity (Wildman–Crippen MR) is 89.7 cm³/mol. The Labute approximate surface area is 144 Å². The average molecular weight is 352 g/mol. The SMILES string of the molecule is COc1ccc(Cl)cc1NC(=O)C(C)OC(=O)c1cc(C)oc1C. The fourth-order valence-corrected chi connectivity index (χ4v) is 2.30. The van der Waals surface area contributed by atoms with Crippen molar-refractivity contribution in [3.63, 3.8) is 0 Å². The summed E-state index contributed by atoms with van der Waals surface area (Å²) in [5.41, 5.74) is 0.695. The van der Waals surface area contributed by atoms with Crippen LogP contribution in [0.2, 0.25) is 5.02 Å². The summed E-state index contributed by atoms with van der Waals surface area (Å²) in [6.45, 7) is 4.86. The summed E-state index contributed by atoms with van der Waals surface area (Å²) < 4.78 is 15.6. The molecule has 0 bridgehead atoms. The highest BCUT2D eigenvalue weighted by Gasteiger charge is 2.22. The number of rotatable bonds is 5. The predicted octanol–water partition coefficient (Wildman–Crippen LogP) is 3.74. The van der Waals surface area contributed by atoms with Gasteiger partial charge < -0.3 is 19.2 Å². The van der Waals surface area contributed by atoms with Gasteiger partial charge in [0.1, 0.15) is 22.8 Å². The van der Waals surface area contributed by atoms with Gasteiger partial charge >= 0.3 is 5.97 Å². The lowest BCUT2D eigenvalue weighted by Gasteiger charge is -2.15. The number of ether oxygens (including phenoxy) is 2. The van der Waals surface area contributed by atoms with Gasteiger partial charge in [-0.05, 0) is 45.0 Å². The van der Waals surface area contributed by atoms with Gasteiger partial charge in [-0.2, -0.15) is 0 Å². The van der Waals surface area contributed by atoms with Crippen LogP contribution < -0.4 is 10.1 Å². The van der Waals surface area contributed by atoms with E-state index in [9.17, 15) is 9.59 Å². The van der Waals surface area contributed by atoms with E-state index >= 15 is 0 Å². The summed E-state index contributed by atoms with van der Waals surface area (Å²) in [5.74, 6) is 0.376. The van der Waals surface area contributed by atoms with Crippen molar-refractivity contribution in [1.82, 2.24) is 0 Å². The van der Waals surface area contributed by atoms with E-state index in [1.165, 1.54) is 14.0 Å². The molecular formula is C17H18ClNO5. The number of halogens is 1. The highest BCUT2D eigenvalue weighted by molar-refractivity contribution is 6.31. The van der Waals surface area contributed by atoms with Crippen molar-refractivity contribution in [3.05, 3.63) is 46.4 Å². The topological polar surface area (TPSA) is 77.8 Å². The number of amides is 1. The number of carbonyl (C=O) groups is 2. The van der Waals surface area contributed by atoms with Gasteiger partial charge in [-0.3, -0.25) is 4.79 Å². The molecule has 0 radical (unpaired) electrons. The Hall–Kier alpha value is -2.47. The first-order valence-corrected chi connectivity index (χ1v) is 7.62. The van der Waals surface area contributed by atoms with E-state index in [-0.39, 0.29) is 0 Å². The maximum Gasteiger partial charge on any atom is 0.342 e. The summed E-state index contributed by atoms with van der Waals surface area (Å²) >= 11 is 5.92. The molecule has 7 heteroatoms. The average Bonchev–Trinajstić information content (AvgIpc) is 2.86. The van der Waals surface area contributed by atoms with Crippen molar-refractivity contribution >= 4 is 29.2 Å². The molecule has 0 saturated heterocycles. The van der Waals surface area contributed by atoms with E-state index in [1.54, 1.807) is 38.1 Å². The molecule has 0 fully saturated rings. The third-order valence-electron chi connectivity index (χ3n) is 3.33. The Kier molecular flexibility index (Phi) is 5.51. The standard InChI is InChI=1S/C17H18ClNO5/c1-9-7-13(10(2)23-9)17(21)24-11(3)16(20)19-14-8-12(18)5-6-15(14)22-4/h5-8,11H,1-4H3,(H,19,20). The van der Waals surface area contributed by atoms with Crippen molar-refractivity contribution in [2.75, 3.05) is 12.4 Å². The molecule has 24 heavy (non-hydrogen) atoms. The molecule has 2 rings (SSSR count). The minimum Gasteiger partial charge on any atom is -0.495 e. The molecule has 0 aliphatic heterocycles. The number of anilines is 1. The zero-order chi connectivity index (χ0) is 17.9. The van der Waals surface area contributed by atoms with Crippen LogP contribution in [0.5, 0.6) is 5.75 Å². The van der Waals surface area contributed by atoms with Gasteiger partial charge in [0.05, 0.1) is 12.8 Å². The van der Waals surface area contributed by atoms with E-state index < -0.39 is 18.0 Å². The number of hydrogen-bond donors (Lipinski definition) is 1. The number of carbonyl (C=O) groups excluding carboxylic acids is 2. The number of furan rings is 1. The second kappa shape index (κ2) is 7.40. The van der Waals surface area contributed by atoms with Crippen molar-refractivity contribution in [2.45, 2.75) is 26.9 Å². The van der Waals surface area contributed by atoms with Crippen LogP contribution in [0.25, 0.3) is 0 Å². The Balaban J connectivity index is 2.06. The number of aryl methyl sites for hydroxylation is 2. The van der Waals surface area contributed by atoms with Crippen molar-refractivity contribution in [2.24, 2.45) is 0 Å². The number of esters is 1. The first-order valence-electron chi connectivity index (χ1n) is 7.24. The van der Waals surface area contributed by atoms with E-state index in [1.807, 2.05) is 0 Å². The van der Waals surface area contributed by atoms with Gasteiger partial charge in [-0.25, -0.2) is 4.79 Å². The molecule has 1 atom stereocenters. The molecule has 6 nitrogen and oxygen atoms in total. The second-order valence-electron chi connectivity index (χ2n) is 5.21. The van der Waals surface area contributed by atoms with Crippen LogP contribution in [-0.4, -0.2) is 25.1 Å². The minimum absolute atomic E-state index is 0.299. The molecule has 0 spiro atoms. The van der Waals surface area contributed by atoms with Crippen LogP contribution in [0.1, 0.15) is 28.8 Å². The Bertz CT molecular complexity index is 768. The summed E-state index contributed by atoms with van der Waals surface area (Å²) in [6.07, 6.45) is -1.00. The molecule has 0 aliphatic carbocycles. The molecular weight excluding hydrogens is 334 g/mol. The fourth-order valence-electron chi connectivity index (χ4n) is 2.12. The maximum absolute atomic E-state index is 12.2. The monoisotopic (exact) mass is 351 g/mol. The third kappa shape index (κ3) is 4.08. The Morgan fingerprint density at radius 2 is 1.96 bits per heavy atom. The van der Waals surface area contributed by atoms with Crippen LogP contribution in [0.4, 0.5) is 5.69 Å². The van der Waals surface area contributed by atoms with Crippen LogP contribution in [-0.2, 0) is 9.53 Å². The van der Waals surface area contributed by atoms with Gasteiger partial charge in [-0.15, -0.1) is 0 Å². The van der Waals surface area contributed by atoms with E-state index in [0.717, 1.165) is 0 Å². The fraction of sp³-hybridized carbons (Fsp3) is 0.294. The molecule has 128 valence electrons. The quantitative estimate of drug-likeness (QED) is 0.830. The summed E-state index contributed by atoms with van der Waals surface area (Å²) in [4.78, 5) is 24.4. The van der Waals surface area contributed by atoms with Crippen molar-refractivity contribution < 1.29 is 23.5 Å². The van der Waals surface area contributed by atoms with Gasteiger partial charge in [0, 0.05) is 5.02 Å². The largest absolute Gasteiger partial charge is 0.495 e. The van der Waals surface area contributed by atoms with Crippen LogP contribution in [0, 0.1) is 13.8 Å². The molecule has 1 aromatic carbocycles. The summed E-state index contributed by atoms with van der Waals surface area (Å²) in [7, 11) is 1.48. The molecule has 2 aromatic rings. The third-order valence-corrected chi connectivity index (χ3v) is 3.57. The van der Waals surface area contributed by atoms with E-state index in [4.69, 9.17) is 25.5 Å². The first kappa shape index (κ1) is 17.9. The highest BCUT2D eigenvalue weighted by Crippen LogP contribution is 2.28. The van der Waals surface area contributed by atoms with Crippen molar-refractivity contribution in [3.8, 4) is 5.75 Å². The van der Waals surface area contributed by atoms with Gasteiger partial charge in [0.25, 0.3) is 5.91 Å². The van der Waals surface area contributed by atoms with E-state index in [2.05, 4.69) is 5.32 Å². The van der Waals surface area contributed by atoms with Crippen LogP contribution in [0.15, 0.2) is 28.7 Å². The molecule has 1 N–H and O–H groups in total. The maximum atomic E-state index is 12.2. The zero-order valence-corrected chi connectivity index (χ0v) is 14.6. The highest BCUT2D eigenvalue weighted by atomic mass is 35.5.